The minimum Gasteiger partial charge on any atom is -0.508 e. The number of carbonyl (C=O) groups excluding carboxylic acids is 3. The molecule has 0 bridgehead atoms. The Morgan fingerprint density at radius 3 is 2.59 bits per heavy atom. The number of hydrogen-bond acceptors (Lipinski definition) is 13. The lowest BCUT2D eigenvalue weighted by Gasteiger charge is -2.50. The normalized spacial score (nSPS) is 23.9. The van der Waals surface area contributed by atoms with E-state index in [0.717, 1.165) is 21.8 Å². The fourth-order valence-corrected chi connectivity index (χ4v) is 6.94. The number of fused-ring (bicyclic) bond motifs is 2. The third kappa shape index (κ3) is 5.69. The maximum atomic E-state index is 13.3. The van der Waals surface area contributed by atoms with E-state index in [4.69, 9.17) is 10.6 Å². The number of hydrogen-bond donors (Lipinski definition) is 6. The molecule has 0 spiro atoms. The van der Waals surface area contributed by atoms with Crippen molar-refractivity contribution in [3.05, 3.63) is 45.5 Å². The van der Waals surface area contributed by atoms with Crippen LogP contribution in [0.2, 0.25) is 0 Å². The number of β-lactam (4-membered cyclic amide) rings is 1. The third-order valence-electron chi connectivity index (χ3n) is 7.51. The molecule has 3 atom stereocenters. The number of likely N-dealkylation sites (tertiary alicyclic amines) is 1. The predicted molar refractivity (Wildman–Crippen MR) is 155 cm³/mol. The second-order valence-electron chi connectivity index (χ2n) is 10.9. The first kappa shape index (κ1) is 30.9. The number of nitrogen functional groups attached to an aromatic ring is 1. The van der Waals surface area contributed by atoms with E-state index in [2.05, 4.69) is 15.5 Å². The number of nitrogens with two attached hydrogens (primary N) is 1. The average molecular weight is 649 g/mol. The van der Waals surface area contributed by atoms with Gasteiger partial charge in [0.15, 0.2) is 16.6 Å². The lowest BCUT2D eigenvalue weighted by atomic mass is 9.83. The Balaban J connectivity index is 1.33. The highest BCUT2D eigenvalue weighted by Gasteiger charge is 2.54. The van der Waals surface area contributed by atoms with Crippen molar-refractivity contribution in [3.8, 4) is 0 Å². The maximum Gasteiger partial charge on any atom is 0.352 e. The highest BCUT2D eigenvalue weighted by atomic mass is 32.2. The summed E-state index contributed by atoms with van der Waals surface area (Å²) in [4.78, 5) is 74.8. The molecular formula is C26H28N6O10S2. The van der Waals surface area contributed by atoms with E-state index in [1.807, 2.05) is 0 Å². The van der Waals surface area contributed by atoms with Crippen LogP contribution in [0.4, 0.5) is 5.13 Å². The number of aliphatic hydroxyl groups is 2. The second kappa shape index (κ2) is 11.5. The number of aliphatic carboxylic acids is 2. The molecule has 18 heteroatoms. The van der Waals surface area contributed by atoms with Crippen LogP contribution in [-0.2, 0) is 28.8 Å². The van der Waals surface area contributed by atoms with Crippen molar-refractivity contribution in [2.45, 2.75) is 43.7 Å². The van der Waals surface area contributed by atoms with Crippen molar-refractivity contribution in [1.82, 2.24) is 20.1 Å². The van der Waals surface area contributed by atoms with Crippen molar-refractivity contribution in [2.24, 2.45) is 11.1 Å². The molecule has 0 radical (unpaired) electrons. The molecule has 3 aliphatic heterocycles. The number of nitrogens with zero attached hydrogens (tertiary/aromatic N) is 4. The van der Waals surface area contributed by atoms with Gasteiger partial charge in [-0.2, -0.15) is 0 Å². The van der Waals surface area contributed by atoms with Gasteiger partial charge in [-0.3, -0.25) is 19.3 Å². The second-order valence-corrected chi connectivity index (χ2v) is 12.9. The molecular weight excluding hydrogens is 620 g/mol. The number of oxime groups is 1. The van der Waals surface area contributed by atoms with Crippen LogP contribution in [0.15, 0.2) is 45.0 Å². The number of carboxylic acid groups (broad SMARTS) is 2. The Hall–Kier alpha value is -4.58. The van der Waals surface area contributed by atoms with Gasteiger partial charge in [-0.1, -0.05) is 5.16 Å². The molecule has 5 rings (SSSR count). The summed E-state index contributed by atoms with van der Waals surface area (Å²) >= 11 is 2.19. The van der Waals surface area contributed by atoms with Gasteiger partial charge in [0.1, 0.15) is 28.6 Å². The van der Waals surface area contributed by atoms with E-state index in [1.165, 1.54) is 42.0 Å². The number of thiazole rings is 1. The van der Waals surface area contributed by atoms with Gasteiger partial charge in [0.2, 0.25) is 11.5 Å². The number of nitrogens with one attached hydrogen (secondary N) is 1. The lowest BCUT2D eigenvalue weighted by Crippen LogP contribution is -2.71. The average Bonchev–Trinajstić information content (AvgIpc) is 3.38. The van der Waals surface area contributed by atoms with Gasteiger partial charge < -0.3 is 41.2 Å². The van der Waals surface area contributed by atoms with Crippen LogP contribution in [0.3, 0.4) is 0 Å². The van der Waals surface area contributed by atoms with Gasteiger partial charge in [-0.05, 0) is 37.0 Å². The maximum absolute atomic E-state index is 13.3. The molecule has 44 heavy (non-hydrogen) atoms. The van der Waals surface area contributed by atoms with Crippen molar-refractivity contribution in [1.29, 1.82) is 0 Å². The highest BCUT2D eigenvalue weighted by molar-refractivity contribution is 8.00. The Morgan fingerprint density at radius 1 is 1.23 bits per heavy atom. The fourth-order valence-electron chi connectivity index (χ4n) is 5.06. The Bertz CT molecular complexity index is 1590. The Morgan fingerprint density at radius 2 is 1.95 bits per heavy atom. The molecule has 1 aromatic rings. The van der Waals surface area contributed by atoms with Crippen LogP contribution < -0.4 is 11.1 Å². The zero-order chi connectivity index (χ0) is 32.1. The summed E-state index contributed by atoms with van der Waals surface area (Å²) in [5, 5.41) is 46.1. The van der Waals surface area contributed by atoms with Crippen LogP contribution in [0.25, 0.3) is 0 Å². The van der Waals surface area contributed by atoms with Gasteiger partial charge in [0, 0.05) is 37.1 Å². The summed E-state index contributed by atoms with van der Waals surface area (Å²) in [6, 6.07) is -1.15. The van der Waals surface area contributed by atoms with E-state index in [1.54, 1.807) is 0 Å². The number of anilines is 1. The molecule has 2 saturated heterocycles. The number of piperidine rings is 1. The number of aromatic nitrogens is 1. The van der Waals surface area contributed by atoms with Crippen LogP contribution in [0.1, 0.15) is 32.4 Å². The molecule has 1 aromatic heterocycles. The molecule has 7 N–H and O–H groups in total. The van der Waals surface area contributed by atoms with Crippen molar-refractivity contribution < 1.29 is 49.2 Å². The van der Waals surface area contributed by atoms with E-state index in [-0.39, 0.29) is 71.5 Å². The van der Waals surface area contributed by atoms with E-state index >= 15 is 0 Å². The van der Waals surface area contributed by atoms with Gasteiger partial charge in [-0.25, -0.2) is 14.6 Å². The van der Waals surface area contributed by atoms with Crippen LogP contribution in [-0.4, -0.2) is 106 Å². The van der Waals surface area contributed by atoms with E-state index in [0.29, 0.717) is 5.57 Å². The summed E-state index contributed by atoms with van der Waals surface area (Å²) in [7, 11) is 0. The minimum absolute atomic E-state index is 0.0138. The Labute approximate surface area is 257 Å². The standard InChI is InChI=1S/C26H28N6O10S2/c1-26(2,24(40)41)42-30-17(13-9-44-25(27)28-13)20(36)29-18-21(37)32-19(23(38)39)12(8-43-22(18)32)7-31-6-11-4-15(34)14(33)3-10(11)5-16(31)35/h4,9-10,18,22,33-34H,3,5-8H2,1-2H3,(H2,27,28)(H,29,36)(H,38,39)(H,40,41)/b30-17+/t10?,18?,22-/m1/s1. The van der Waals surface area contributed by atoms with Gasteiger partial charge >= 0.3 is 11.9 Å². The SMILES string of the molecule is CC(C)(O/N=C(/C(=O)NC1C(=O)N2C(C(=O)O)=C(CN3CC4=CC(O)=C(O)CC4CC3=O)CS[C@H]12)c1csc(N)n1)C(=O)O. The number of aliphatic hydroxyl groups excluding tert-OH is 2. The van der Waals surface area contributed by atoms with E-state index < -0.39 is 46.5 Å². The lowest BCUT2D eigenvalue weighted by molar-refractivity contribution is -0.161. The molecule has 0 saturated carbocycles. The number of allylic oxidation sites excluding steroid dienone is 2. The quantitative estimate of drug-likeness (QED) is 0.122. The smallest absolute Gasteiger partial charge is 0.352 e. The van der Waals surface area contributed by atoms with Gasteiger partial charge in [0.25, 0.3) is 11.8 Å². The number of thioether (sulfide) groups is 1. The number of amides is 3. The molecule has 2 unspecified atom stereocenters. The zero-order valence-corrected chi connectivity index (χ0v) is 25.0. The van der Waals surface area contributed by atoms with Crippen LogP contribution in [0.5, 0.6) is 0 Å². The molecule has 2 fully saturated rings. The molecule has 3 amide bonds. The van der Waals surface area contributed by atoms with Gasteiger partial charge in [0.05, 0.1) is 0 Å². The fraction of sp³-hybridized carbons (Fsp3) is 0.423. The molecule has 234 valence electrons. The third-order valence-corrected chi connectivity index (χ3v) is 9.52. The number of carboxylic acids is 2. The van der Waals surface area contributed by atoms with Gasteiger partial charge in [-0.15, -0.1) is 23.1 Å². The molecule has 1 aliphatic carbocycles. The largest absolute Gasteiger partial charge is 0.508 e. The first-order valence-corrected chi connectivity index (χ1v) is 15.1. The zero-order valence-electron chi connectivity index (χ0n) is 23.3. The van der Waals surface area contributed by atoms with Crippen molar-refractivity contribution >= 4 is 63.6 Å². The summed E-state index contributed by atoms with van der Waals surface area (Å²) in [5.41, 5.74) is 4.22. The van der Waals surface area contributed by atoms with E-state index in [9.17, 15) is 44.4 Å². The summed E-state index contributed by atoms with van der Waals surface area (Å²) < 4.78 is 0. The first-order valence-electron chi connectivity index (χ1n) is 13.2. The number of rotatable bonds is 9. The molecule has 4 heterocycles. The minimum atomic E-state index is -1.80. The van der Waals surface area contributed by atoms with Crippen LogP contribution >= 0.6 is 23.1 Å². The van der Waals surface area contributed by atoms with Crippen molar-refractivity contribution in [3.63, 3.8) is 0 Å². The molecule has 4 aliphatic rings. The molecule has 0 aromatic carbocycles. The highest BCUT2D eigenvalue weighted by Crippen LogP contribution is 2.41. The van der Waals surface area contributed by atoms with Crippen LogP contribution in [0, 0.1) is 5.92 Å². The van der Waals surface area contributed by atoms with Crippen molar-refractivity contribution in [2.75, 3.05) is 24.6 Å². The number of carbonyl (C=O) groups is 5. The monoisotopic (exact) mass is 648 g/mol. The Kier molecular flexibility index (Phi) is 8.06. The topological polar surface area (TPSA) is 245 Å². The predicted octanol–water partition coefficient (Wildman–Crippen LogP) is 0.554. The summed E-state index contributed by atoms with van der Waals surface area (Å²) in [6.07, 6.45) is 1.63. The molecule has 16 nitrogen and oxygen atoms in total. The summed E-state index contributed by atoms with van der Waals surface area (Å²) in [5.74, 6) is -5.18. The summed E-state index contributed by atoms with van der Waals surface area (Å²) in [6.45, 7) is 2.50. The first-order chi connectivity index (χ1) is 20.7.